The lowest BCUT2D eigenvalue weighted by Gasteiger charge is -2.12. The van der Waals surface area contributed by atoms with Gasteiger partial charge in [-0.3, -0.25) is 0 Å². The number of nitrogens with zero attached hydrogens (tertiary/aromatic N) is 1. The number of anilines is 1. The van der Waals surface area contributed by atoms with Gasteiger partial charge in [-0.05, 0) is 6.07 Å². The van der Waals surface area contributed by atoms with Crippen molar-refractivity contribution in [2.24, 2.45) is 0 Å². The zero-order chi connectivity index (χ0) is 8.43. The molecule has 1 aromatic rings. The maximum absolute atomic E-state index is 12.6. The standard InChI is InChI=1S/C8H10FNO/c1-10(2)7-3-6(9)4-8(11)5-7/h3-5,11H,1-2H3. The Morgan fingerprint density at radius 3 is 2.36 bits per heavy atom. The van der Waals surface area contributed by atoms with E-state index in [-0.39, 0.29) is 5.75 Å². The molecule has 0 aliphatic rings. The van der Waals surface area contributed by atoms with Crippen molar-refractivity contribution in [2.75, 3.05) is 19.0 Å². The summed E-state index contributed by atoms with van der Waals surface area (Å²) in [4.78, 5) is 1.72. The molecule has 0 heterocycles. The lowest BCUT2D eigenvalue weighted by Crippen LogP contribution is -2.08. The number of rotatable bonds is 1. The van der Waals surface area contributed by atoms with E-state index in [0.29, 0.717) is 5.69 Å². The molecule has 60 valence electrons. The van der Waals surface area contributed by atoms with Crippen LogP contribution in [0, 0.1) is 5.82 Å². The van der Waals surface area contributed by atoms with Gasteiger partial charge in [0.15, 0.2) is 0 Å². The Morgan fingerprint density at radius 1 is 1.27 bits per heavy atom. The fourth-order valence-electron chi connectivity index (χ4n) is 0.817. The summed E-state index contributed by atoms with van der Waals surface area (Å²) < 4.78 is 12.6. The van der Waals surface area contributed by atoms with Crippen molar-refractivity contribution in [3.63, 3.8) is 0 Å². The summed E-state index contributed by atoms with van der Waals surface area (Å²) in [6.45, 7) is 0. The Bertz CT molecular complexity index is 240. The minimum atomic E-state index is -0.423. The molecule has 0 spiro atoms. The molecule has 3 heteroatoms. The highest BCUT2D eigenvalue weighted by Crippen LogP contribution is 2.20. The average Bonchev–Trinajstić information content (AvgIpc) is 1.85. The van der Waals surface area contributed by atoms with E-state index in [4.69, 9.17) is 5.11 Å². The molecular formula is C8H10FNO. The van der Waals surface area contributed by atoms with Crippen LogP contribution in [0.1, 0.15) is 0 Å². The van der Waals surface area contributed by atoms with E-state index >= 15 is 0 Å². The first-order valence-corrected chi connectivity index (χ1v) is 3.26. The first-order valence-electron chi connectivity index (χ1n) is 3.26. The third kappa shape index (κ3) is 1.83. The Kier molecular flexibility index (Phi) is 1.98. The second-order valence-electron chi connectivity index (χ2n) is 2.56. The van der Waals surface area contributed by atoms with Gasteiger partial charge in [-0.1, -0.05) is 0 Å². The maximum atomic E-state index is 12.6. The van der Waals surface area contributed by atoms with E-state index in [2.05, 4.69) is 0 Å². The zero-order valence-electron chi connectivity index (χ0n) is 6.50. The van der Waals surface area contributed by atoms with Gasteiger partial charge in [0.05, 0.1) is 0 Å². The molecule has 0 fully saturated rings. The van der Waals surface area contributed by atoms with Gasteiger partial charge in [-0.15, -0.1) is 0 Å². The highest BCUT2D eigenvalue weighted by Gasteiger charge is 1.99. The SMILES string of the molecule is CN(C)c1cc(O)cc(F)c1. The molecule has 0 atom stereocenters. The number of phenols is 1. The summed E-state index contributed by atoms with van der Waals surface area (Å²) in [7, 11) is 3.57. The topological polar surface area (TPSA) is 23.5 Å². The minimum absolute atomic E-state index is 0.0475. The minimum Gasteiger partial charge on any atom is -0.508 e. The molecule has 0 radical (unpaired) electrons. The van der Waals surface area contributed by atoms with Crippen LogP contribution < -0.4 is 4.90 Å². The number of benzene rings is 1. The predicted molar refractivity (Wildman–Crippen MR) is 42.4 cm³/mol. The van der Waals surface area contributed by atoms with Gasteiger partial charge >= 0.3 is 0 Å². The van der Waals surface area contributed by atoms with Crippen molar-refractivity contribution in [1.29, 1.82) is 0 Å². The van der Waals surface area contributed by atoms with Crippen LogP contribution in [0.5, 0.6) is 5.75 Å². The van der Waals surface area contributed by atoms with E-state index in [1.165, 1.54) is 12.1 Å². The highest BCUT2D eigenvalue weighted by atomic mass is 19.1. The monoisotopic (exact) mass is 155 g/mol. The van der Waals surface area contributed by atoms with Crippen LogP contribution in [0.15, 0.2) is 18.2 Å². The predicted octanol–water partition coefficient (Wildman–Crippen LogP) is 1.60. The molecule has 0 unspecified atom stereocenters. The average molecular weight is 155 g/mol. The highest BCUT2D eigenvalue weighted by molar-refractivity contribution is 5.49. The number of aromatic hydroxyl groups is 1. The van der Waals surface area contributed by atoms with Crippen molar-refractivity contribution >= 4 is 5.69 Å². The molecule has 1 aromatic carbocycles. The Labute approximate surface area is 64.9 Å². The lowest BCUT2D eigenvalue weighted by molar-refractivity contribution is 0.469. The van der Waals surface area contributed by atoms with Gasteiger partial charge in [-0.25, -0.2) is 4.39 Å². The van der Waals surface area contributed by atoms with Gasteiger partial charge in [0, 0.05) is 31.9 Å². The molecule has 0 saturated heterocycles. The van der Waals surface area contributed by atoms with Gasteiger partial charge in [0.25, 0.3) is 0 Å². The quantitative estimate of drug-likeness (QED) is 0.665. The van der Waals surface area contributed by atoms with Crippen molar-refractivity contribution in [3.05, 3.63) is 24.0 Å². The molecule has 0 aliphatic heterocycles. The van der Waals surface area contributed by atoms with Gasteiger partial charge < -0.3 is 10.0 Å². The van der Waals surface area contributed by atoms with Gasteiger partial charge in [-0.2, -0.15) is 0 Å². The Hall–Kier alpha value is -1.25. The molecule has 2 nitrogen and oxygen atoms in total. The summed E-state index contributed by atoms with van der Waals surface area (Å²) in [6, 6.07) is 3.94. The molecular weight excluding hydrogens is 145 g/mol. The first-order chi connectivity index (χ1) is 5.09. The molecule has 0 aliphatic carbocycles. The number of halogens is 1. The molecule has 0 bridgehead atoms. The van der Waals surface area contributed by atoms with Crippen LogP contribution in [-0.2, 0) is 0 Å². The molecule has 1 rings (SSSR count). The van der Waals surface area contributed by atoms with Crippen LogP contribution >= 0.6 is 0 Å². The van der Waals surface area contributed by atoms with Crippen molar-refractivity contribution in [2.45, 2.75) is 0 Å². The van der Waals surface area contributed by atoms with E-state index in [9.17, 15) is 4.39 Å². The third-order valence-electron chi connectivity index (χ3n) is 1.38. The van der Waals surface area contributed by atoms with Crippen LogP contribution in [0.2, 0.25) is 0 Å². The first kappa shape index (κ1) is 7.85. The molecule has 0 amide bonds. The normalized spacial score (nSPS) is 9.73. The smallest absolute Gasteiger partial charge is 0.128 e. The van der Waals surface area contributed by atoms with E-state index in [1.807, 2.05) is 0 Å². The van der Waals surface area contributed by atoms with Crippen molar-refractivity contribution in [3.8, 4) is 5.75 Å². The fourth-order valence-corrected chi connectivity index (χ4v) is 0.817. The second kappa shape index (κ2) is 2.78. The number of hydrogen-bond acceptors (Lipinski definition) is 2. The molecule has 1 N–H and O–H groups in total. The summed E-state index contributed by atoms with van der Waals surface area (Å²) in [5.41, 5.74) is 0.655. The summed E-state index contributed by atoms with van der Waals surface area (Å²) in [5.74, 6) is -0.470. The van der Waals surface area contributed by atoms with E-state index in [0.717, 1.165) is 6.07 Å². The van der Waals surface area contributed by atoms with E-state index < -0.39 is 5.82 Å². The van der Waals surface area contributed by atoms with Crippen LogP contribution in [-0.4, -0.2) is 19.2 Å². The van der Waals surface area contributed by atoms with Crippen LogP contribution in [0.25, 0.3) is 0 Å². The van der Waals surface area contributed by atoms with Crippen molar-refractivity contribution < 1.29 is 9.50 Å². The summed E-state index contributed by atoms with van der Waals surface area (Å²) in [6.07, 6.45) is 0. The summed E-state index contributed by atoms with van der Waals surface area (Å²) >= 11 is 0. The Balaban J connectivity index is 3.08. The number of hydrogen-bond donors (Lipinski definition) is 1. The van der Waals surface area contributed by atoms with Gasteiger partial charge in [0.2, 0.25) is 0 Å². The van der Waals surface area contributed by atoms with E-state index in [1.54, 1.807) is 19.0 Å². The Morgan fingerprint density at radius 2 is 1.91 bits per heavy atom. The largest absolute Gasteiger partial charge is 0.508 e. The van der Waals surface area contributed by atoms with Crippen LogP contribution in [0.3, 0.4) is 0 Å². The van der Waals surface area contributed by atoms with Crippen molar-refractivity contribution in [1.82, 2.24) is 0 Å². The zero-order valence-corrected chi connectivity index (χ0v) is 6.50. The van der Waals surface area contributed by atoms with Gasteiger partial charge in [0.1, 0.15) is 11.6 Å². The van der Waals surface area contributed by atoms with Crippen LogP contribution in [0.4, 0.5) is 10.1 Å². The third-order valence-corrected chi connectivity index (χ3v) is 1.38. The lowest BCUT2D eigenvalue weighted by atomic mass is 10.3. The maximum Gasteiger partial charge on any atom is 0.128 e. The molecule has 11 heavy (non-hydrogen) atoms. The summed E-state index contributed by atoms with van der Waals surface area (Å²) in [5, 5.41) is 8.98. The fraction of sp³-hybridized carbons (Fsp3) is 0.250. The number of phenolic OH excluding ortho intramolecular Hbond substituents is 1. The molecule has 0 saturated carbocycles. The second-order valence-corrected chi connectivity index (χ2v) is 2.56. The molecule has 0 aromatic heterocycles.